The van der Waals surface area contributed by atoms with Crippen LogP contribution in [0.2, 0.25) is 0 Å². The fourth-order valence-electron chi connectivity index (χ4n) is 2.00. The van der Waals surface area contributed by atoms with Gasteiger partial charge in [0.2, 0.25) is 0 Å². The van der Waals surface area contributed by atoms with Crippen molar-refractivity contribution in [3.05, 3.63) is 59.7 Å². The average Bonchev–Trinajstić information content (AvgIpc) is 2.45. The number of aromatic nitrogens is 1. The van der Waals surface area contributed by atoms with Crippen molar-refractivity contribution >= 4 is 0 Å². The molecule has 0 bridgehead atoms. The molecule has 1 atom stereocenters. The molecule has 0 aliphatic heterocycles. The van der Waals surface area contributed by atoms with Crippen LogP contribution in [0.3, 0.4) is 0 Å². The van der Waals surface area contributed by atoms with Crippen LogP contribution in [0.15, 0.2) is 42.7 Å². The molecule has 2 rings (SSSR count). The molecule has 106 valence electrons. The van der Waals surface area contributed by atoms with E-state index in [9.17, 15) is 9.50 Å². The third kappa shape index (κ3) is 2.96. The van der Waals surface area contributed by atoms with Crippen LogP contribution >= 0.6 is 0 Å². The van der Waals surface area contributed by atoms with E-state index in [0.717, 1.165) is 6.42 Å². The van der Waals surface area contributed by atoms with Crippen molar-refractivity contribution in [2.75, 3.05) is 6.61 Å². The monoisotopic (exact) mass is 275 g/mol. The molecule has 0 spiro atoms. The Morgan fingerprint density at radius 3 is 2.75 bits per heavy atom. The Kier molecular flexibility index (Phi) is 4.35. The standard InChI is InChI=1S/C16H18FNO2/c1-3-8-20-13-9-12(10-18-11-13)16(2,19)14-6-4-5-7-15(14)17/h4-7,9-11,19H,3,8H2,1-2H3. The van der Waals surface area contributed by atoms with Crippen LogP contribution in [0.25, 0.3) is 0 Å². The van der Waals surface area contributed by atoms with Crippen LogP contribution in [0, 0.1) is 5.82 Å². The summed E-state index contributed by atoms with van der Waals surface area (Å²) < 4.78 is 19.4. The Hall–Kier alpha value is -1.94. The summed E-state index contributed by atoms with van der Waals surface area (Å²) in [6, 6.07) is 7.87. The van der Waals surface area contributed by atoms with Gasteiger partial charge in [-0.2, -0.15) is 0 Å². The summed E-state index contributed by atoms with van der Waals surface area (Å²) in [5.41, 5.74) is -0.741. The van der Waals surface area contributed by atoms with E-state index in [1.165, 1.54) is 12.3 Å². The molecular weight excluding hydrogens is 257 g/mol. The zero-order valence-electron chi connectivity index (χ0n) is 11.6. The molecule has 1 heterocycles. The highest BCUT2D eigenvalue weighted by Gasteiger charge is 2.29. The van der Waals surface area contributed by atoms with Crippen molar-refractivity contribution < 1.29 is 14.2 Å². The highest BCUT2D eigenvalue weighted by Crippen LogP contribution is 2.31. The number of aliphatic hydroxyl groups is 1. The molecule has 0 saturated carbocycles. The Bertz CT molecular complexity index is 584. The Labute approximate surface area is 118 Å². The van der Waals surface area contributed by atoms with Gasteiger partial charge in [0, 0.05) is 17.3 Å². The number of hydrogen-bond donors (Lipinski definition) is 1. The Morgan fingerprint density at radius 1 is 1.30 bits per heavy atom. The minimum absolute atomic E-state index is 0.217. The molecule has 0 amide bonds. The fourth-order valence-corrected chi connectivity index (χ4v) is 2.00. The number of rotatable bonds is 5. The lowest BCUT2D eigenvalue weighted by Crippen LogP contribution is -2.24. The topological polar surface area (TPSA) is 42.4 Å². The Balaban J connectivity index is 2.36. The predicted octanol–water partition coefficient (Wildman–Crippen LogP) is 3.27. The summed E-state index contributed by atoms with van der Waals surface area (Å²) in [6.45, 7) is 4.13. The molecule has 4 heteroatoms. The van der Waals surface area contributed by atoms with Crippen molar-refractivity contribution in [2.24, 2.45) is 0 Å². The van der Waals surface area contributed by atoms with Gasteiger partial charge < -0.3 is 9.84 Å². The van der Waals surface area contributed by atoms with Crippen molar-refractivity contribution in [2.45, 2.75) is 25.9 Å². The van der Waals surface area contributed by atoms with Crippen LogP contribution in [0.1, 0.15) is 31.4 Å². The zero-order valence-corrected chi connectivity index (χ0v) is 11.6. The number of nitrogens with zero attached hydrogens (tertiary/aromatic N) is 1. The highest BCUT2D eigenvalue weighted by atomic mass is 19.1. The van der Waals surface area contributed by atoms with E-state index in [4.69, 9.17) is 4.74 Å². The number of halogens is 1. The van der Waals surface area contributed by atoms with Gasteiger partial charge in [0.1, 0.15) is 17.2 Å². The van der Waals surface area contributed by atoms with Gasteiger partial charge in [-0.05, 0) is 25.5 Å². The third-order valence-corrected chi connectivity index (χ3v) is 3.15. The molecular formula is C16H18FNO2. The molecule has 0 saturated heterocycles. The van der Waals surface area contributed by atoms with Gasteiger partial charge >= 0.3 is 0 Å². The van der Waals surface area contributed by atoms with Crippen LogP contribution in [0.5, 0.6) is 5.75 Å². The fraction of sp³-hybridized carbons (Fsp3) is 0.312. The number of pyridine rings is 1. The maximum atomic E-state index is 13.9. The summed E-state index contributed by atoms with van der Waals surface area (Å²) >= 11 is 0. The van der Waals surface area contributed by atoms with Crippen molar-refractivity contribution in [1.29, 1.82) is 0 Å². The van der Waals surface area contributed by atoms with Gasteiger partial charge in [-0.1, -0.05) is 25.1 Å². The van der Waals surface area contributed by atoms with E-state index in [2.05, 4.69) is 4.98 Å². The number of benzene rings is 1. The van der Waals surface area contributed by atoms with E-state index in [1.54, 1.807) is 37.4 Å². The second kappa shape index (κ2) is 6.01. The van der Waals surface area contributed by atoms with Gasteiger partial charge in [0.05, 0.1) is 12.8 Å². The second-order valence-corrected chi connectivity index (χ2v) is 4.81. The van der Waals surface area contributed by atoms with Gasteiger partial charge in [-0.3, -0.25) is 4.98 Å². The lowest BCUT2D eigenvalue weighted by molar-refractivity contribution is 0.0971. The summed E-state index contributed by atoms with van der Waals surface area (Å²) in [5, 5.41) is 10.7. The molecule has 1 N–H and O–H groups in total. The SMILES string of the molecule is CCCOc1cncc(C(C)(O)c2ccccc2F)c1. The lowest BCUT2D eigenvalue weighted by Gasteiger charge is -2.25. The molecule has 0 aliphatic rings. The molecule has 0 fully saturated rings. The summed E-state index contributed by atoms with van der Waals surface area (Å²) in [4.78, 5) is 4.05. The first-order valence-electron chi connectivity index (χ1n) is 6.61. The highest BCUT2D eigenvalue weighted by molar-refractivity contribution is 5.37. The molecule has 0 radical (unpaired) electrons. The molecule has 1 aromatic carbocycles. The first-order chi connectivity index (χ1) is 9.55. The molecule has 0 aliphatic carbocycles. The molecule has 3 nitrogen and oxygen atoms in total. The first-order valence-corrected chi connectivity index (χ1v) is 6.61. The van der Waals surface area contributed by atoms with E-state index in [1.807, 2.05) is 6.92 Å². The predicted molar refractivity (Wildman–Crippen MR) is 75.1 cm³/mol. The minimum atomic E-state index is -1.45. The van der Waals surface area contributed by atoms with Crippen LogP contribution in [0.4, 0.5) is 4.39 Å². The van der Waals surface area contributed by atoms with Gasteiger partial charge in [-0.25, -0.2) is 4.39 Å². The van der Waals surface area contributed by atoms with E-state index in [0.29, 0.717) is 17.9 Å². The quantitative estimate of drug-likeness (QED) is 0.910. The van der Waals surface area contributed by atoms with Gasteiger partial charge in [0.25, 0.3) is 0 Å². The second-order valence-electron chi connectivity index (χ2n) is 4.81. The lowest BCUT2D eigenvalue weighted by atomic mass is 9.89. The molecule has 2 aromatic rings. The number of ether oxygens (including phenoxy) is 1. The number of hydrogen-bond acceptors (Lipinski definition) is 3. The first kappa shape index (κ1) is 14.5. The Morgan fingerprint density at radius 2 is 2.05 bits per heavy atom. The molecule has 1 aromatic heterocycles. The van der Waals surface area contributed by atoms with E-state index >= 15 is 0 Å². The van der Waals surface area contributed by atoms with Crippen LogP contribution in [-0.2, 0) is 5.60 Å². The summed E-state index contributed by atoms with van der Waals surface area (Å²) in [5.74, 6) is 0.123. The van der Waals surface area contributed by atoms with Crippen LogP contribution in [-0.4, -0.2) is 16.7 Å². The smallest absolute Gasteiger partial charge is 0.137 e. The van der Waals surface area contributed by atoms with Gasteiger partial charge in [0.15, 0.2) is 0 Å². The maximum Gasteiger partial charge on any atom is 0.137 e. The normalized spacial score (nSPS) is 13.8. The molecule has 20 heavy (non-hydrogen) atoms. The van der Waals surface area contributed by atoms with E-state index < -0.39 is 11.4 Å². The average molecular weight is 275 g/mol. The van der Waals surface area contributed by atoms with E-state index in [-0.39, 0.29) is 5.56 Å². The summed E-state index contributed by atoms with van der Waals surface area (Å²) in [7, 11) is 0. The van der Waals surface area contributed by atoms with Crippen LogP contribution < -0.4 is 4.74 Å². The third-order valence-electron chi connectivity index (χ3n) is 3.15. The largest absolute Gasteiger partial charge is 0.492 e. The zero-order chi connectivity index (χ0) is 14.6. The minimum Gasteiger partial charge on any atom is -0.492 e. The van der Waals surface area contributed by atoms with Crippen molar-refractivity contribution in [1.82, 2.24) is 4.98 Å². The van der Waals surface area contributed by atoms with Crippen molar-refractivity contribution in [3.63, 3.8) is 0 Å². The van der Waals surface area contributed by atoms with Crippen molar-refractivity contribution in [3.8, 4) is 5.75 Å². The maximum absolute atomic E-state index is 13.9. The summed E-state index contributed by atoms with van der Waals surface area (Å²) in [6.07, 6.45) is 3.98. The van der Waals surface area contributed by atoms with Gasteiger partial charge in [-0.15, -0.1) is 0 Å². The molecule has 1 unspecified atom stereocenters.